The summed E-state index contributed by atoms with van der Waals surface area (Å²) >= 11 is 0. The molecule has 1 atom stereocenters. The molecule has 2 N–H and O–H groups in total. The Labute approximate surface area is 129 Å². The molecule has 2 aliphatic rings. The van der Waals surface area contributed by atoms with Gasteiger partial charge in [0, 0.05) is 22.8 Å². The Morgan fingerprint density at radius 2 is 1.78 bits per heavy atom. The van der Waals surface area contributed by atoms with Gasteiger partial charge in [-0.2, -0.15) is 0 Å². The van der Waals surface area contributed by atoms with Crippen molar-refractivity contribution >= 4 is 11.9 Å². The monoisotopic (exact) mass is 316 g/mol. The van der Waals surface area contributed by atoms with E-state index >= 15 is 0 Å². The number of carbonyl (C=O) groups excluding carboxylic acids is 2. The number of nitrogens with one attached hydrogen (secondary N) is 2. The molecule has 2 aromatic carbocycles. The number of methoxy groups -OCH3 is 1. The highest BCUT2D eigenvalue weighted by atomic mass is 19.1. The van der Waals surface area contributed by atoms with E-state index in [4.69, 9.17) is 4.74 Å². The number of carbonyl (C=O) groups is 2. The molecule has 2 aromatic rings. The highest BCUT2D eigenvalue weighted by molar-refractivity contribution is 6.13. The Hall–Kier alpha value is -2.96. The van der Waals surface area contributed by atoms with E-state index in [2.05, 4.69) is 10.6 Å². The van der Waals surface area contributed by atoms with Gasteiger partial charge < -0.3 is 10.1 Å². The summed E-state index contributed by atoms with van der Waals surface area (Å²) in [5.41, 5.74) is -0.214. The molecular formula is C16H10F2N2O3. The molecule has 0 radical (unpaired) electrons. The fourth-order valence-electron chi connectivity index (χ4n) is 3.34. The zero-order valence-corrected chi connectivity index (χ0v) is 11.9. The average molecular weight is 316 g/mol. The molecule has 1 fully saturated rings. The number of hydrogen-bond donors (Lipinski definition) is 2. The van der Waals surface area contributed by atoms with Crippen LogP contribution >= 0.6 is 0 Å². The second-order valence-electron chi connectivity index (χ2n) is 5.38. The largest absolute Gasteiger partial charge is 0.496 e. The van der Waals surface area contributed by atoms with Crippen LogP contribution in [0.15, 0.2) is 30.3 Å². The summed E-state index contributed by atoms with van der Waals surface area (Å²) in [6, 6.07) is 5.50. The smallest absolute Gasteiger partial charge is 0.322 e. The molecule has 1 saturated heterocycles. The van der Waals surface area contributed by atoms with E-state index in [0.717, 1.165) is 12.1 Å². The van der Waals surface area contributed by atoms with E-state index in [0.29, 0.717) is 11.1 Å². The number of imide groups is 1. The van der Waals surface area contributed by atoms with Crippen molar-refractivity contribution in [3.8, 4) is 16.9 Å². The molecule has 23 heavy (non-hydrogen) atoms. The molecule has 3 amide bonds. The second-order valence-corrected chi connectivity index (χ2v) is 5.38. The minimum atomic E-state index is -1.65. The normalized spacial score (nSPS) is 21.0. The van der Waals surface area contributed by atoms with Gasteiger partial charge in [0.05, 0.1) is 7.11 Å². The number of rotatable bonds is 1. The molecule has 7 heteroatoms. The van der Waals surface area contributed by atoms with Crippen molar-refractivity contribution in [2.24, 2.45) is 0 Å². The SMILES string of the molecule is COc1cc(F)cc2c1-c1ccc(F)cc1[C@@]21NC(=O)NC1=O. The lowest BCUT2D eigenvalue weighted by Gasteiger charge is -2.23. The minimum Gasteiger partial charge on any atom is -0.496 e. The highest BCUT2D eigenvalue weighted by Crippen LogP contribution is 2.52. The van der Waals surface area contributed by atoms with Crippen molar-refractivity contribution in [1.82, 2.24) is 10.6 Å². The molecule has 1 heterocycles. The third kappa shape index (κ3) is 1.59. The zero-order valence-electron chi connectivity index (χ0n) is 11.9. The lowest BCUT2D eigenvalue weighted by atomic mass is 9.87. The maximum atomic E-state index is 14.0. The fraction of sp³-hybridized carbons (Fsp3) is 0.125. The third-order valence-corrected chi connectivity index (χ3v) is 4.21. The number of benzene rings is 2. The van der Waals surface area contributed by atoms with E-state index in [9.17, 15) is 18.4 Å². The van der Waals surface area contributed by atoms with Crippen LogP contribution in [0.25, 0.3) is 11.1 Å². The highest BCUT2D eigenvalue weighted by Gasteiger charge is 2.56. The van der Waals surface area contributed by atoms with Crippen molar-refractivity contribution in [1.29, 1.82) is 0 Å². The van der Waals surface area contributed by atoms with Gasteiger partial charge in [-0.05, 0) is 23.8 Å². The number of urea groups is 1. The average Bonchev–Trinajstić information content (AvgIpc) is 2.95. The summed E-state index contributed by atoms with van der Waals surface area (Å²) in [7, 11) is 1.37. The maximum Gasteiger partial charge on any atom is 0.322 e. The van der Waals surface area contributed by atoms with E-state index in [1.807, 2.05) is 0 Å². The minimum absolute atomic E-state index is 0.207. The fourth-order valence-corrected chi connectivity index (χ4v) is 3.34. The first-order valence-corrected chi connectivity index (χ1v) is 6.79. The number of fused-ring (bicyclic) bond motifs is 5. The lowest BCUT2D eigenvalue weighted by molar-refractivity contribution is -0.122. The van der Waals surface area contributed by atoms with Crippen LogP contribution in [0.4, 0.5) is 13.6 Å². The first-order chi connectivity index (χ1) is 11.0. The van der Waals surface area contributed by atoms with Crippen LogP contribution in [0.1, 0.15) is 11.1 Å². The topological polar surface area (TPSA) is 67.4 Å². The van der Waals surface area contributed by atoms with Gasteiger partial charge in [0.25, 0.3) is 5.91 Å². The molecule has 0 saturated carbocycles. The standard InChI is InChI=1S/C16H10F2N2O3/c1-23-12-6-8(18)5-11-13(12)9-3-2-7(17)4-10(9)16(11)14(21)19-15(22)20-16/h2-6H,1H3,(H2,19,20,21,22)/t16-/m1/s1. The van der Waals surface area contributed by atoms with Crippen LogP contribution in [0, 0.1) is 11.6 Å². The molecule has 5 nitrogen and oxygen atoms in total. The molecule has 4 rings (SSSR count). The van der Waals surface area contributed by atoms with E-state index in [-0.39, 0.29) is 16.9 Å². The Morgan fingerprint density at radius 1 is 1.04 bits per heavy atom. The number of halogens is 2. The van der Waals surface area contributed by atoms with Crippen molar-refractivity contribution < 1.29 is 23.1 Å². The summed E-state index contributed by atoms with van der Waals surface area (Å²) in [6.07, 6.45) is 0. The van der Waals surface area contributed by atoms with Gasteiger partial charge in [-0.15, -0.1) is 0 Å². The number of amides is 3. The van der Waals surface area contributed by atoms with Gasteiger partial charge in [-0.3, -0.25) is 10.1 Å². The Balaban J connectivity index is 2.15. The van der Waals surface area contributed by atoms with Gasteiger partial charge in [0.2, 0.25) is 0 Å². The van der Waals surface area contributed by atoms with Crippen LogP contribution in [0.3, 0.4) is 0 Å². The number of ether oxygens (including phenoxy) is 1. The van der Waals surface area contributed by atoms with Crippen molar-refractivity contribution in [2.45, 2.75) is 5.54 Å². The third-order valence-electron chi connectivity index (χ3n) is 4.21. The van der Waals surface area contributed by atoms with Gasteiger partial charge >= 0.3 is 6.03 Å². The molecule has 1 spiro atoms. The van der Waals surface area contributed by atoms with Gasteiger partial charge in [-0.25, -0.2) is 13.6 Å². The zero-order chi connectivity index (χ0) is 16.4. The lowest BCUT2D eigenvalue weighted by Crippen LogP contribution is -2.43. The van der Waals surface area contributed by atoms with Gasteiger partial charge in [0.1, 0.15) is 17.4 Å². The first-order valence-electron chi connectivity index (χ1n) is 6.79. The van der Waals surface area contributed by atoms with Crippen LogP contribution in [0.5, 0.6) is 5.75 Å². The quantitative estimate of drug-likeness (QED) is 0.791. The summed E-state index contributed by atoms with van der Waals surface area (Å²) in [5.74, 6) is -1.66. The van der Waals surface area contributed by atoms with E-state index in [1.54, 1.807) is 0 Å². The van der Waals surface area contributed by atoms with E-state index < -0.39 is 29.1 Å². The van der Waals surface area contributed by atoms with Crippen LogP contribution < -0.4 is 15.4 Å². The molecule has 0 bridgehead atoms. The van der Waals surface area contributed by atoms with Gasteiger partial charge in [-0.1, -0.05) is 6.07 Å². The van der Waals surface area contributed by atoms with Crippen LogP contribution in [0.2, 0.25) is 0 Å². The Bertz CT molecular complexity index is 897. The Morgan fingerprint density at radius 3 is 2.43 bits per heavy atom. The van der Waals surface area contributed by atoms with Crippen LogP contribution in [-0.2, 0) is 10.3 Å². The van der Waals surface area contributed by atoms with Crippen molar-refractivity contribution in [3.63, 3.8) is 0 Å². The Kier molecular flexibility index (Phi) is 2.55. The van der Waals surface area contributed by atoms with Crippen LogP contribution in [-0.4, -0.2) is 19.0 Å². The summed E-state index contributed by atoms with van der Waals surface area (Å²) in [4.78, 5) is 24.2. The molecule has 1 aliphatic heterocycles. The molecule has 116 valence electrons. The summed E-state index contributed by atoms with van der Waals surface area (Å²) < 4.78 is 32.9. The predicted octanol–water partition coefficient (Wildman–Crippen LogP) is 2.04. The second kappa shape index (κ2) is 4.28. The van der Waals surface area contributed by atoms with E-state index in [1.165, 1.54) is 25.3 Å². The van der Waals surface area contributed by atoms with Gasteiger partial charge in [0.15, 0.2) is 5.54 Å². The number of hydrogen-bond acceptors (Lipinski definition) is 3. The molecular weight excluding hydrogens is 306 g/mol. The van der Waals surface area contributed by atoms with Crippen molar-refractivity contribution in [2.75, 3.05) is 7.11 Å². The summed E-state index contributed by atoms with van der Waals surface area (Å²) in [6.45, 7) is 0. The molecule has 0 unspecified atom stereocenters. The molecule has 0 aromatic heterocycles. The summed E-state index contributed by atoms with van der Waals surface area (Å²) in [5, 5.41) is 4.64. The predicted molar refractivity (Wildman–Crippen MR) is 75.8 cm³/mol. The first kappa shape index (κ1) is 13.7. The van der Waals surface area contributed by atoms with Crippen molar-refractivity contribution in [3.05, 3.63) is 53.1 Å². The molecule has 1 aliphatic carbocycles. The maximum absolute atomic E-state index is 14.0.